The molecule has 1 aliphatic carbocycles. The van der Waals surface area contributed by atoms with Gasteiger partial charge in [0.1, 0.15) is 6.04 Å². The van der Waals surface area contributed by atoms with Crippen molar-refractivity contribution in [1.82, 2.24) is 5.32 Å². The van der Waals surface area contributed by atoms with Crippen LogP contribution in [0, 0.1) is 0 Å². The van der Waals surface area contributed by atoms with Gasteiger partial charge in [0, 0.05) is 11.7 Å². The number of amides is 1. The van der Waals surface area contributed by atoms with Crippen LogP contribution in [0.2, 0.25) is 5.02 Å². The number of carboxylic acid groups (broad SMARTS) is 1. The Balaban J connectivity index is 2.18. The van der Waals surface area contributed by atoms with Crippen molar-refractivity contribution in [2.45, 2.75) is 31.8 Å². The highest BCUT2D eigenvalue weighted by Gasteiger charge is 2.26. The maximum atomic E-state index is 11.9. The molecule has 1 aromatic rings. The van der Waals surface area contributed by atoms with Crippen LogP contribution in [0.15, 0.2) is 12.1 Å². The Hall–Kier alpha value is -1.95. The third-order valence-electron chi connectivity index (χ3n) is 3.02. The highest BCUT2D eigenvalue weighted by Crippen LogP contribution is 2.30. The van der Waals surface area contributed by atoms with E-state index in [9.17, 15) is 9.59 Å². The summed E-state index contributed by atoms with van der Waals surface area (Å²) in [6.07, 6.45) is 1.98. The summed E-state index contributed by atoms with van der Waals surface area (Å²) < 4.78 is 0. The van der Waals surface area contributed by atoms with Crippen molar-refractivity contribution in [3.8, 4) is 0 Å². The second kappa shape index (κ2) is 5.58. The summed E-state index contributed by atoms with van der Waals surface area (Å²) >= 11 is 6.01. The summed E-state index contributed by atoms with van der Waals surface area (Å²) in [4.78, 5) is 23.1. The minimum atomic E-state index is -1.16. The molecule has 0 spiro atoms. The molecule has 1 saturated carbocycles. The predicted molar refractivity (Wildman–Crippen MR) is 77.1 cm³/mol. The van der Waals surface area contributed by atoms with E-state index in [0.29, 0.717) is 0 Å². The number of anilines is 2. The lowest BCUT2D eigenvalue weighted by molar-refractivity contribution is -0.121. The number of nitrogens with one attached hydrogen (secondary N) is 2. The number of nitrogen functional groups attached to an aromatic ring is 1. The Morgan fingerprint density at radius 1 is 1.45 bits per heavy atom. The Labute approximate surface area is 121 Å². The maximum absolute atomic E-state index is 11.9. The van der Waals surface area contributed by atoms with E-state index in [1.807, 2.05) is 0 Å². The fourth-order valence-corrected chi connectivity index (χ4v) is 2.06. The van der Waals surface area contributed by atoms with E-state index in [-0.39, 0.29) is 33.9 Å². The lowest BCUT2D eigenvalue weighted by Crippen LogP contribution is -2.39. The van der Waals surface area contributed by atoms with Crippen molar-refractivity contribution < 1.29 is 14.7 Å². The highest BCUT2D eigenvalue weighted by molar-refractivity contribution is 6.34. The van der Waals surface area contributed by atoms with Crippen molar-refractivity contribution in [3.63, 3.8) is 0 Å². The first-order valence-electron chi connectivity index (χ1n) is 6.27. The molecule has 7 heteroatoms. The lowest BCUT2D eigenvalue weighted by Gasteiger charge is -2.18. The van der Waals surface area contributed by atoms with Crippen LogP contribution in [0.25, 0.3) is 0 Å². The molecule has 0 radical (unpaired) electrons. The van der Waals surface area contributed by atoms with Gasteiger partial charge in [-0.15, -0.1) is 0 Å². The molecule has 0 aromatic heterocycles. The van der Waals surface area contributed by atoms with Gasteiger partial charge in [-0.3, -0.25) is 4.79 Å². The summed E-state index contributed by atoms with van der Waals surface area (Å²) in [6, 6.07) is 2.41. The number of carboxylic acids is 1. The van der Waals surface area contributed by atoms with Crippen molar-refractivity contribution >= 4 is 34.9 Å². The largest absolute Gasteiger partial charge is 0.478 e. The second-order valence-corrected chi connectivity index (χ2v) is 5.29. The van der Waals surface area contributed by atoms with Crippen molar-refractivity contribution in [3.05, 3.63) is 22.7 Å². The summed E-state index contributed by atoms with van der Waals surface area (Å²) in [6.45, 7) is 1.65. The van der Waals surface area contributed by atoms with Gasteiger partial charge in [-0.25, -0.2) is 4.79 Å². The van der Waals surface area contributed by atoms with E-state index in [2.05, 4.69) is 10.6 Å². The Bertz CT molecular complexity index is 558. The van der Waals surface area contributed by atoms with Crippen LogP contribution in [0.3, 0.4) is 0 Å². The Kier molecular flexibility index (Phi) is 4.04. The normalized spacial score (nSPS) is 15.5. The van der Waals surface area contributed by atoms with Gasteiger partial charge in [-0.05, 0) is 31.9 Å². The number of nitrogens with two attached hydrogens (primary N) is 1. The Morgan fingerprint density at radius 3 is 2.65 bits per heavy atom. The van der Waals surface area contributed by atoms with Crippen LogP contribution in [-0.2, 0) is 4.79 Å². The van der Waals surface area contributed by atoms with E-state index in [1.54, 1.807) is 6.92 Å². The molecule has 2 rings (SSSR count). The van der Waals surface area contributed by atoms with Crippen LogP contribution in [0.5, 0.6) is 0 Å². The number of hydrogen-bond donors (Lipinski definition) is 4. The minimum absolute atomic E-state index is 0.0546. The van der Waals surface area contributed by atoms with Crippen molar-refractivity contribution in [2.75, 3.05) is 11.1 Å². The van der Waals surface area contributed by atoms with Gasteiger partial charge in [-0.2, -0.15) is 0 Å². The van der Waals surface area contributed by atoms with Crippen molar-refractivity contribution in [2.24, 2.45) is 0 Å². The van der Waals surface area contributed by atoms with E-state index in [0.717, 1.165) is 12.8 Å². The van der Waals surface area contributed by atoms with Gasteiger partial charge < -0.3 is 21.5 Å². The van der Waals surface area contributed by atoms with Gasteiger partial charge in [0.2, 0.25) is 5.91 Å². The molecule has 1 amide bonds. The van der Waals surface area contributed by atoms with Crippen LogP contribution >= 0.6 is 11.6 Å². The zero-order chi connectivity index (χ0) is 14.9. The average Bonchev–Trinajstić information content (AvgIpc) is 3.15. The molecular formula is C13H16ClN3O3. The van der Waals surface area contributed by atoms with Gasteiger partial charge in [0.25, 0.3) is 0 Å². The molecule has 5 N–H and O–H groups in total. The van der Waals surface area contributed by atoms with Crippen molar-refractivity contribution in [1.29, 1.82) is 0 Å². The summed E-state index contributed by atoms with van der Waals surface area (Å²) in [5.74, 6) is -1.34. The third kappa shape index (κ3) is 3.33. The zero-order valence-corrected chi connectivity index (χ0v) is 11.7. The molecule has 0 saturated heterocycles. The number of rotatable bonds is 5. The molecular weight excluding hydrogens is 282 g/mol. The summed E-state index contributed by atoms with van der Waals surface area (Å²) in [7, 11) is 0. The predicted octanol–water partition coefficient (Wildman–Crippen LogP) is 1.70. The monoisotopic (exact) mass is 297 g/mol. The van der Waals surface area contributed by atoms with Gasteiger partial charge in [0.05, 0.1) is 16.3 Å². The first-order chi connectivity index (χ1) is 9.38. The molecule has 108 valence electrons. The quantitative estimate of drug-likeness (QED) is 0.619. The number of hydrogen-bond acceptors (Lipinski definition) is 4. The van der Waals surface area contributed by atoms with Gasteiger partial charge in [0.15, 0.2) is 0 Å². The second-order valence-electron chi connectivity index (χ2n) is 4.88. The van der Waals surface area contributed by atoms with E-state index in [4.69, 9.17) is 22.4 Å². The smallest absolute Gasteiger partial charge is 0.337 e. The SMILES string of the molecule is CC(Nc1c(Cl)cc(N)cc1C(=O)O)C(=O)NC1CC1. The molecule has 1 fully saturated rings. The number of benzene rings is 1. The standard InChI is InChI=1S/C13H16ClN3O3/c1-6(12(18)17-8-2-3-8)16-11-9(13(19)20)4-7(15)5-10(11)14/h4-6,8,16H,2-3,15H2,1H3,(H,17,18)(H,19,20). The highest BCUT2D eigenvalue weighted by atomic mass is 35.5. The van der Waals surface area contributed by atoms with E-state index in [1.165, 1.54) is 12.1 Å². The molecule has 1 unspecified atom stereocenters. The zero-order valence-electron chi connectivity index (χ0n) is 10.9. The van der Waals surface area contributed by atoms with Crippen LogP contribution in [-0.4, -0.2) is 29.1 Å². The molecule has 1 aromatic carbocycles. The number of carbonyl (C=O) groups excluding carboxylic acids is 1. The molecule has 6 nitrogen and oxygen atoms in total. The fraction of sp³-hybridized carbons (Fsp3) is 0.385. The molecule has 1 aliphatic rings. The first-order valence-corrected chi connectivity index (χ1v) is 6.65. The third-order valence-corrected chi connectivity index (χ3v) is 3.32. The van der Waals surface area contributed by atoms with E-state index < -0.39 is 12.0 Å². The lowest BCUT2D eigenvalue weighted by atomic mass is 10.1. The number of halogens is 1. The molecule has 0 heterocycles. The number of carbonyl (C=O) groups is 2. The molecule has 0 bridgehead atoms. The van der Waals surface area contributed by atoms with Gasteiger partial charge >= 0.3 is 5.97 Å². The van der Waals surface area contributed by atoms with Crippen LogP contribution in [0.4, 0.5) is 11.4 Å². The average molecular weight is 298 g/mol. The summed E-state index contributed by atoms with van der Waals surface area (Å²) in [5.41, 5.74) is 5.98. The van der Waals surface area contributed by atoms with E-state index >= 15 is 0 Å². The summed E-state index contributed by atoms with van der Waals surface area (Å²) in [5, 5.41) is 15.0. The molecule has 20 heavy (non-hydrogen) atoms. The topological polar surface area (TPSA) is 104 Å². The minimum Gasteiger partial charge on any atom is -0.478 e. The van der Waals surface area contributed by atoms with Gasteiger partial charge in [-0.1, -0.05) is 11.6 Å². The van der Waals surface area contributed by atoms with Crippen LogP contribution in [0.1, 0.15) is 30.1 Å². The first kappa shape index (κ1) is 14.5. The number of aromatic carboxylic acids is 1. The Morgan fingerprint density at radius 2 is 2.10 bits per heavy atom. The maximum Gasteiger partial charge on any atom is 0.337 e. The molecule has 1 atom stereocenters. The molecule has 0 aliphatic heterocycles. The fourth-order valence-electron chi connectivity index (χ4n) is 1.78. The van der Waals surface area contributed by atoms with Crippen LogP contribution < -0.4 is 16.4 Å².